The number of halogens is 6. The Morgan fingerprint density at radius 3 is 2.17 bits per heavy atom. The Labute approximate surface area is 185 Å². The molecule has 0 saturated heterocycles. The van der Waals surface area contributed by atoms with Crippen LogP contribution in [0.4, 0.5) is 24.5 Å². The van der Waals surface area contributed by atoms with Crippen LogP contribution in [0.5, 0.6) is 0 Å². The topological polar surface area (TPSA) is 35.5 Å². The first-order chi connectivity index (χ1) is 14.2. The largest absolute Gasteiger partial charge is 0.416 e. The standard InChI is InChI=1S/C20H12Cl3F3N4/c21-15-9-7-14(11-17(15)23)29-27-19(12-4-2-1-3-5-12)28-30(29)18-10-13(20(24,25)26)6-8-16(18)22/h1-11H,(H,27,28)/p+1. The van der Waals surface area contributed by atoms with Crippen molar-refractivity contribution in [3.63, 3.8) is 0 Å². The number of quaternary nitrogens is 1. The van der Waals surface area contributed by atoms with Gasteiger partial charge in [0.25, 0.3) is 5.84 Å². The van der Waals surface area contributed by atoms with Crippen LogP contribution in [0.25, 0.3) is 0 Å². The van der Waals surface area contributed by atoms with Crippen molar-refractivity contribution in [1.82, 2.24) is 0 Å². The predicted molar refractivity (Wildman–Crippen MR) is 113 cm³/mol. The van der Waals surface area contributed by atoms with Crippen LogP contribution in [0, 0.1) is 0 Å². The highest BCUT2D eigenvalue weighted by Gasteiger charge is 2.36. The SMILES string of the molecule is FC(F)(F)c1ccc(Cl)c(N2[NH2+]C(c3ccccc3)=NN2c2ccc(Cl)c(Cl)c2)c1. The fraction of sp³-hybridized carbons (Fsp3) is 0.0500. The van der Waals surface area contributed by atoms with Crippen LogP contribution in [0.15, 0.2) is 71.8 Å². The van der Waals surface area contributed by atoms with Crippen molar-refractivity contribution in [1.29, 1.82) is 0 Å². The van der Waals surface area contributed by atoms with Crippen LogP contribution in [-0.4, -0.2) is 5.84 Å². The molecule has 154 valence electrons. The summed E-state index contributed by atoms with van der Waals surface area (Å²) >= 11 is 18.4. The molecule has 1 aliphatic heterocycles. The molecular weight excluding hydrogens is 460 g/mol. The van der Waals surface area contributed by atoms with Gasteiger partial charge >= 0.3 is 6.18 Å². The maximum absolute atomic E-state index is 13.3. The van der Waals surface area contributed by atoms with Gasteiger partial charge in [0.05, 0.1) is 31.9 Å². The van der Waals surface area contributed by atoms with Crippen LogP contribution >= 0.6 is 34.8 Å². The van der Waals surface area contributed by atoms with Crippen LogP contribution in [0.1, 0.15) is 11.1 Å². The monoisotopic (exact) mass is 471 g/mol. The third kappa shape index (κ3) is 4.06. The van der Waals surface area contributed by atoms with Crippen molar-refractivity contribution >= 4 is 52.0 Å². The molecule has 3 aromatic carbocycles. The second-order valence-electron chi connectivity index (χ2n) is 6.38. The molecule has 0 aromatic heterocycles. The van der Waals surface area contributed by atoms with Gasteiger partial charge in [-0.2, -0.15) is 18.6 Å². The van der Waals surface area contributed by atoms with Crippen molar-refractivity contribution in [3.05, 3.63) is 92.9 Å². The summed E-state index contributed by atoms with van der Waals surface area (Å²) in [5.41, 5.74) is 2.19. The van der Waals surface area contributed by atoms with E-state index in [0.29, 0.717) is 16.5 Å². The Bertz CT molecular complexity index is 1120. The van der Waals surface area contributed by atoms with Gasteiger partial charge in [0.15, 0.2) is 0 Å². The second kappa shape index (κ2) is 8.00. The molecule has 0 saturated carbocycles. The van der Waals surface area contributed by atoms with Crippen LogP contribution in [0.3, 0.4) is 0 Å². The van der Waals surface area contributed by atoms with Crippen molar-refractivity contribution < 1.29 is 18.6 Å². The van der Waals surface area contributed by atoms with Crippen LogP contribution in [0.2, 0.25) is 15.1 Å². The molecule has 1 aliphatic rings. The lowest BCUT2D eigenvalue weighted by molar-refractivity contribution is -0.545. The van der Waals surface area contributed by atoms with Crippen molar-refractivity contribution in [2.24, 2.45) is 5.10 Å². The lowest BCUT2D eigenvalue weighted by atomic mass is 10.2. The molecule has 30 heavy (non-hydrogen) atoms. The molecule has 0 fully saturated rings. The maximum atomic E-state index is 13.3. The van der Waals surface area contributed by atoms with Gasteiger partial charge in [-0.05, 0) is 48.5 Å². The highest BCUT2D eigenvalue weighted by atomic mass is 35.5. The molecule has 0 unspecified atom stereocenters. The quantitative estimate of drug-likeness (QED) is 0.493. The van der Waals surface area contributed by atoms with Gasteiger partial charge in [0.1, 0.15) is 5.69 Å². The summed E-state index contributed by atoms with van der Waals surface area (Å²) in [4.78, 5) is 0. The van der Waals surface area contributed by atoms with E-state index in [1.807, 2.05) is 30.3 Å². The number of anilines is 2. The fourth-order valence-corrected chi connectivity index (χ4v) is 3.41. The van der Waals surface area contributed by atoms with Gasteiger partial charge in [-0.1, -0.05) is 58.1 Å². The molecule has 0 spiro atoms. The van der Waals surface area contributed by atoms with E-state index in [4.69, 9.17) is 34.8 Å². The number of hydrazine groups is 1. The van der Waals surface area contributed by atoms with Crippen molar-refractivity contribution in [2.75, 3.05) is 10.2 Å². The average molecular weight is 473 g/mol. The molecule has 1 heterocycles. The van der Waals surface area contributed by atoms with Crippen molar-refractivity contribution in [3.8, 4) is 0 Å². The van der Waals surface area contributed by atoms with Gasteiger partial charge in [0.2, 0.25) is 0 Å². The Kier molecular flexibility index (Phi) is 5.55. The number of rotatable bonds is 3. The minimum atomic E-state index is -4.52. The minimum Gasteiger partial charge on any atom is -0.172 e. The van der Waals surface area contributed by atoms with E-state index in [9.17, 15) is 13.2 Å². The maximum Gasteiger partial charge on any atom is 0.416 e. The molecular formula is C20H13Cl3F3N4+. The number of benzene rings is 3. The lowest BCUT2D eigenvalue weighted by Gasteiger charge is -2.25. The number of amidine groups is 1. The van der Waals surface area contributed by atoms with Crippen LogP contribution < -0.4 is 15.7 Å². The summed E-state index contributed by atoms with van der Waals surface area (Å²) in [7, 11) is 0. The number of hydrogen-bond donors (Lipinski definition) is 1. The molecule has 3 aromatic rings. The molecule has 10 heteroatoms. The summed E-state index contributed by atoms with van der Waals surface area (Å²) in [5.74, 6) is 0.537. The first-order valence-electron chi connectivity index (χ1n) is 8.64. The number of nitrogens with zero attached hydrogens (tertiary/aromatic N) is 3. The highest BCUT2D eigenvalue weighted by Crippen LogP contribution is 2.37. The Hall–Kier alpha value is -2.45. The van der Waals surface area contributed by atoms with E-state index in [1.54, 1.807) is 23.6 Å². The molecule has 0 aliphatic carbocycles. The lowest BCUT2D eigenvalue weighted by Crippen LogP contribution is -2.96. The van der Waals surface area contributed by atoms with Crippen LogP contribution in [-0.2, 0) is 6.18 Å². The smallest absolute Gasteiger partial charge is 0.172 e. The van der Waals surface area contributed by atoms with Gasteiger partial charge < -0.3 is 0 Å². The number of hydrazone groups is 1. The highest BCUT2D eigenvalue weighted by molar-refractivity contribution is 6.42. The zero-order valence-corrected chi connectivity index (χ0v) is 17.3. The van der Waals surface area contributed by atoms with E-state index in [2.05, 4.69) is 5.10 Å². The normalized spacial score (nSPS) is 14.3. The fourth-order valence-electron chi connectivity index (χ4n) is 2.92. The van der Waals surface area contributed by atoms with E-state index < -0.39 is 11.7 Å². The Morgan fingerprint density at radius 2 is 1.50 bits per heavy atom. The molecule has 4 rings (SSSR count). The third-order valence-electron chi connectivity index (χ3n) is 4.38. The molecule has 0 atom stereocenters. The molecule has 0 bridgehead atoms. The van der Waals surface area contributed by atoms with E-state index >= 15 is 0 Å². The zero-order chi connectivity index (χ0) is 21.5. The number of alkyl halides is 3. The second-order valence-corrected chi connectivity index (χ2v) is 7.60. The first kappa shape index (κ1) is 20.8. The van der Waals surface area contributed by atoms with E-state index in [-0.39, 0.29) is 15.7 Å². The van der Waals surface area contributed by atoms with Gasteiger partial charge in [-0.25, -0.2) is 0 Å². The summed E-state index contributed by atoms with van der Waals surface area (Å²) in [6.45, 7) is 0. The van der Waals surface area contributed by atoms with Gasteiger partial charge in [-0.3, -0.25) is 0 Å². The molecule has 2 N–H and O–H groups in total. The van der Waals surface area contributed by atoms with E-state index in [0.717, 1.165) is 17.7 Å². The summed E-state index contributed by atoms with van der Waals surface area (Å²) < 4.78 is 39.9. The van der Waals surface area contributed by atoms with Crippen molar-refractivity contribution in [2.45, 2.75) is 6.18 Å². The predicted octanol–water partition coefficient (Wildman–Crippen LogP) is 5.75. The average Bonchev–Trinajstić information content (AvgIpc) is 3.15. The minimum absolute atomic E-state index is 0.118. The number of nitrogens with two attached hydrogens (primary N) is 1. The van der Waals surface area contributed by atoms with E-state index in [1.165, 1.54) is 16.3 Å². The first-order valence-corrected chi connectivity index (χ1v) is 9.77. The molecule has 0 amide bonds. The third-order valence-corrected chi connectivity index (χ3v) is 5.43. The Morgan fingerprint density at radius 1 is 0.800 bits per heavy atom. The molecule has 0 radical (unpaired) electrons. The van der Waals surface area contributed by atoms with Gasteiger partial charge in [-0.15, -0.1) is 10.2 Å². The number of hydrogen-bond acceptors (Lipinski definition) is 3. The molecule has 4 nitrogen and oxygen atoms in total. The summed E-state index contributed by atoms with van der Waals surface area (Å²) in [5, 5.41) is 8.20. The Balaban J connectivity index is 1.82. The summed E-state index contributed by atoms with van der Waals surface area (Å²) in [6.07, 6.45) is -4.52. The zero-order valence-electron chi connectivity index (χ0n) is 15.0. The van der Waals surface area contributed by atoms with Gasteiger partial charge in [0, 0.05) is 0 Å². The summed E-state index contributed by atoms with van der Waals surface area (Å²) in [6, 6.07) is 17.2.